The minimum Gasteiger partial charge on any atom is -0.491 e. The van der Waals surface area contributed by atoms with Gasteiger partial charge in [-0.05, 0) is 19.1 Å². The summed E-state index contributed by atoms with van der Waals surface area (Å²) in [6.07, 6.45) is 0. The van der Waals surface area contributed by atoms with E-state index in [9.17, 15) is 0 Å². The van der Waals surface area contributed by atoms with Crippen molar-refractivity contribution in [2.24, 2.45) is 0 Å². The first kappa shape index (κ1) is 7.85. The van der Waals surface area contributed by atoms with E-state index in [0.717, 1.165) is 5.69 Å². The molecule has 0 aromatic carbocycles. The van der Waals surface area contributed by atoms with E-state index < -0.39 is 0 Å². The topological polar surface area (TPSA) is 31.4 Å². The highest BCUT2D eigenvalue weighted by Crippen LogP contribution is 2.23. The normalized spacial score (nSPS) is 9.36. The molecular weight excluding hydrogens is 142 g/mol. The van der Waals surface area contributed by atoms with Crippen molar-refractivity contribution in [2.45, 2.75) is 6.92 Å². The van der Waals surface area contributed by atoms with Gasteiger partial charge in [-0.1, -0.05) is 0 Å². The van der Waals surface area contributed by atoms with Crippen LogP contribution < -0.4 is 9.47 Å². The van der Waals surface area contributed by atoms with Gasteiger partial charge in [0.25, 0.3) is 5.88 Å². The standard InChI is InChI=1S/C8H11NO2/c1-6-4-5-7(10-2)8(9-6)11-3/h4-5H,1-3H3. The second-order valence-electron chi connectivity index (χ2n) is 2.16. The molecule has 1 aromatic heterocycles. The molecule has 1 aromatic rings. The Morgan fingerprint density at radius 3 is 2.45 bits per heavy atom. The van der Waals surface area contributed by atoms with Crippen molar-refractivity contribution in [2.75, 3.05) is 14.2 Å². The van der Waals surface area contributed by atoms with Gasteiger partial charge in [0, 0.05) is 5.69 Å². The zero-order chi connectivity index (χ0) is 8.27. The minimum atomic E-state index is 0.535. The van der Waals surface area contributed by atoms with Crippen molar-refractivity contribution in [3.63, 3.8) is 0 Å². The summed E-state index contributed by atoms with van der Waals surface area (Å²) in [6.45, 7) is 1.90. The van der Waals surface area contributed by atoms with Crippen LogP contribution in [0.1, 0.15) is 5.69 Å². The minimum absolute atomic E-state index is 0.535. The second kappa shape index (κ2) is 3.23. The van der Waals surface area contributed by atoms with Crippen LogP contribution in [0.2, 0.25) is 0 Å². The molecule has 0 aliphatic rings. The van der Waals surface area contributed by atoms with E-state index in [2.05, 4.69) is 4.98 Å². The number of pyridine rings is 1. The zero-order valence-corrected chi connectivity index (χ0v) is 6.92. The number of aromatic nitrogens is 1. The molecule has 1 rings (SSSR count). The zero-order valence-electron chi connectivity index (χ0n) is 6.92. The predicted octanol–water partition coefficient (Wildman–Crippen LogP) is 1.41. The van der Waals surface area contributed by atoms with Crippen LogP contribution in [0.5, 0.6) is 11.6 Å². The first-order valence-corrected chi connectivity index (χ1v) is 3.33. The van der Waals surface area contributed by atoms with Crippen molar-refractivity contribution in [1.82, 2.24) is 4.98 Å². The molecular formula is C8H11NO2. The van der Waals surface area contributed by atoms with Crippen LogP contribution in [0, 0.1) is 6.92 Å². The average Bonchev–Trinajstić information content (AvgIpc) is 2.04. The Balaban J connectivity index is 3.06. The van der Waals surface area contributed by atoms with Crippen LogP contribution in [0.15, 0.2) is 12.1 Å². The highest BCUT2D eigenvalue weighted by Gasteiger charge is 2.02. The summed E-state index contributed by atoms with van der Waals surface area (Å²) in [5.41, 5.74) is 0.919. The third kappa shape index (κ3) is 1.61. The molecule has 0 saturated heterocycles. The van der Waals surface area contributed by atoms with Gasteiger partial charge < -0.3 is 9.47 Å². The predicted molar refractivity (Wildman–Crippen MR) is 42.1 cm³/mol. The maximum absolute atomic E-state index is 5.00. The smallest absolute Gasteiger partial charge is 0.256 e. The summed E-state index contributed by atoms with van der Waals surface area (Å²) in [7, 11) is 3.17. The van der Waals surface area contributed by atoms with Gasteiger partial charge in [0.1, 0.15) is 0 Å². The van der Waals surface area contributed by atoms with Gasteiger partial charge in [-0.2, -0.15) is 0 Å². The Morgan fingerprint density at radius 1 is 1.18 bits per heavy atom. The molecule has 0 aliphatic carbocycles. The number of ether oxygens (including phenoxy) is 2. The Labute approximate surface area is 66.0 Å². The molecule has 0 saturated carbocycles. The lowest BCUT2D eigenvalue weighted by Gasteiger charge is -2.05. The fourth-order valence-corrected chi connectivity index (χ4v) is 0.822. The summed E-state index contributed by atoms with van der Waals surface area (Å²) >= 11 is 0. The van der Waals surface area contributed by atoms with Crippen molar-refractivity contribution in [3.05, 3.63) is 17.8 Å². The monoisotopic (exact) mass is 153 g/mol. The van der Waals surface area contributed by atoms with E-state index in [-0.39, 0.29) is 0 Å². The summed E-state index contributed by atoms with van der Waals surface area (Å²) in [4.78, 5) is 4.12. The van der Waals surface area contributed by atoms with Crippen LogP contribution in [0.3, 0.4) is 0 Å². The highest BCUT2D eigenvalue weighted by molar-refractivity contribution is 5.34. The lowest BCUT2D eigenvalue weighted by Crippen LogP contribution is -1.94. The highest BCUT2D eigenvalue weighted by atomic mass is 16.5. The summed E-state index contributed by atoms with van der Waals surface area (Å²) in [6, 6.07) is 3.71. The average molecular weight is 153 g/mol. The van der Waals surface area contributed by atoms with Crippen LogP contribution in [0.4, 0.5) is 0 Å². The molecule has 0 fully saturated rings. The van der Waals surface area contributed by atoms with Gasteiger partial charge in [-0.25, -0.2) is 4.98 Å². The van der Waals surface area contributed by atoms with E-state index in [1.165, 1.54) is 0 Å². The van der Waals surface area contributed by atoms with Crippen LogP contribution in [0.25, 0.3) is 0 Å². The first-order valence-electron chi connectivity index (χ1n) is 3.33. The van der Waals surface area contributed by atoms with Crippen molar-refractivity contribution < 1.29 is 9.47 Å². The van der Waals surface area contributed by atoms with Gasteiger partial charge in [-0.3, -0.25) is 0 Å². The molecule has 0 N–H and O–H groups in total. The van der Waals surface area contributed by atoms with Crippen molar-refractivity contribution in [3.8, 4) is 11.6 Å². The maximum Gasteiger partial charge on any atom is 0.256 e. The fourth-order valence-electron chi connectivity index (χ4n) is 0.822. The molecule has 0 amide bonds. The first-order chi connectivity index (χ1) is 5.27. The van der Waals surface area contributed by atoms with Gasteiger partial charge in [0.15, 0.2) is 5.75 Å². The van der Waals surface area contributed by atoms with Crippen molar-refractivity contribution >= 4 is 0 Å². The number of rotatable bonds is 2. The molecule has 0 spiro atoms. The Kier molecular flexibility index (Phi) is 2.31. The molecule has 0 bridgehead atoms. The molecule has 1 heterocycles. The van der Waals surface area contributed by atoms with Crippen LogP contribution in [-0.4, -0.2) is 19.2 Å². The molecule has 0 atom stereocenters. The maximum atomic E-state index is 5.00. The second-order valence-corrected chi connectivity index (χ2v) is 2.16. The summed E-state index contributed by atoms with van der Waals surface area (Å²) in [5, 5.41) is 0. The molecule has 0 aliphatic heterocycles. The third-order valence-electron chi connectivity index (χ3n) is 1.38. The lowest BCUT2D eigenvalue weighted by molar-refractivity contribution is 0.342. The number of aryl methyl sites for hydroxylation is 1. The van der Waals surface area contributed by atoms with E-state index in [1.807, 2.05) is 19.1 Å². The van der Waals surface area contributed by atoms with Gasteiger partial charge in [-0.15, -0.1) is 0 Å². The van der Waals surface area contributed by atoms with Gasteiger partial charge in [0.05, 0.1) is 14.2 Å². The largest absolute Gasteiger partial charge is 0.491 e. The number of hydrogen-bond acceptors (Lipinski definition) is 3. The third-order valence-corrected chi connectivity index (χ3v) is 1.38. The Morgan fingerprint density at radius 2 is 1.91 bits per heavy atom. The van der Waals surface area contributed by atoms with Gasteiger partial charge >= 0.3 is 0 Å². The Hall–Kier alpha value is -1.25. The molecule has 0 unspecified atom stereocenters. The fraction of sp³-hybridized carbons (Fsp3) is 0.375. The SMILES string of the molecule is COc1ccc(C)nc1OC. The Bertz CT molecular complexity index is 248. The van der Waals surface area contributed by atoms with Crippen LogP contribution in [-0.2, 0) is 0 Å². The van der Waals surface area contributed by atoms with E-state index in [4.69, 9.17) is 9.47 Å². The molecule has 60 valence electrons. The van der Waals surface area contributed by atoms with Gasteiger partial charge in [0.2, 0.25) is 0 Å². The molecule has 3 heteroatoms. The van der Waals surface area contributed by atoms with Crippen LogP contribution >= 0.6 is 0 Å². The van der Waals surface area contributed by atoms with E-state index in [1.54, 1.807) is 14.2 Å². The van der Waals surface area contributed by atoms with E-state index >= 15 is 0 Å². The molecule has 11 heavy (non-hydrogen) atoms. The number of hydrogen-bond donors (Lipinski definition) is 0. The van der Waals surface area contributed by atoms with Crippen molar-refractivity contribution in [1.29, 1.82) is 0 Å². The molecule has 3 nitrogen and oxygen atoms in total. The van der Waals surface area contributed by atoms with E-state index in [0.29, 0.717) is 11.6 Å². The number of methoxy groups -OCH3 is 2. The summed E-state index contributed by atoms with van der Waals surface area (Å²) in [5.74, 6) is 1.20. The summed E-state index contributed by atoms with van der Waals surface area (Å²) < 4.78 is 9.98. The quantitative estimate of drug-likeness (QED) is 0.643. The molecule has 0 radical (unpaired) electrons. The number of nitrogens with zero attached hydrogens (tertiary/aromatic N) is 1. The lowest BCUT2D eigenvalue weighted by atomic mass is 10.3.